The Balaban J connectivity index is 1.79. The Kier molecular flexibility index (Phi) is 4.23. The number of nitrogens with one attached hydrogen (secondary N) is 1. The van der Waals surface area contributed by atoms with Crippen LogP contribution < -0.4 is 5.32 Å². The average molecular weight is 333 g/mol. The van der Waals surface area contributed by atoms with Crippen LogP contribution in [0.2, 0.25) is 0 Å². The quantitative estimate of drug-likeness (QED) is 0.515. The molecule has 2 heterocycles. The van der Waals surface area contributed by atoms with E-state index in [0.717, 1.165) is 19.3 Å². The van der Waals surface area contributed by atoms with Crippen molar-refractivity contribution in [2.75, 3.05) is 13.2 Å². The number of urea groups is 1. The van der Waals surface area contributed by atoms with Crippen molar-refractivity contribution in [1.82, 2.24) is 10.2 Å². The molecule has 0 bridgehead atoms. The minimum atomic E-state index is -1.22. The summed E-state index contributed by atoms with van der Waals surface area (Å²) < 4.78 is 5.60. The minimum Gasteiger partial charge on any atom is -0.376 e. The first-order valence-electron chi connectivity index (χ1n) is 7.92. The highest BCUT2D eigenvalue weighted by Crippen LogP contribution is 2.30. The molecule has 2 atom stereocenters. The summed E-state index contributed by atoms with van der Waals surface area (Å²) in [5.41, 5.74) is -0.772. The van der Waals surface area contributed by atoms with Crippen LogP contribution in [-0.2, 0) is 15.1 Å². The fourth-order valence-corrected chi connectivity index (χ4v) is 3.13. The molecule has 0 spiro atoms. The van der Waals surface area contributed by atoms with E-state index in [0.29, 0.717) is 12.2 Å². The molecule has 8 nitrogen and oxygen atoms in total. The number of non-ortho nitro benzene ring substituents is 1. The lowest BCUT2D eigenvalue weighted by atomic mass is 9.92. The molecule has 1 N–H and O–H groups in total. The number of benzene rings is 1. The van der Waals surface area contributed by atoms with E-state index in [-0.39, 0.29) is 24.2 Å². The highest BCUT2D eigenvalue weighted by atomic mass is 16.6. The summed E-state index contributed by atoms with van der Waals surface area (Å²) in [5, 5.41) is 13.4. The second-order valence-electron chi connectivity index (χ2n) is 6.26. The van der Waals surface area contributed by atoms with Crippen LogP contribution in [-0.4, -0.2) is 41.0 Å². The zero-order chi connectivity index (χ0) is 17.3. The van der Waals surface area contributed by atoms with Gasteiger partial charge in [-0.1, -0.05) is 0 Å². The molecule has 1 aromatic rings. The fraction of sp³-hybridized carbons (Fsp3) is 0.500. The molecule has 3 rings (SSSR count). The first kappa shape index (κ1) is 16.4. The van der Waals surface area contributed by atoms with Gasteiger partial charge in [0.1, 0.15) is 5.54 Å². The van der Waals surface area contributed by atoms with Crippen molar-refractivity contribution in [3.05, 3.63) is 39.9 Å². The first-order chi connectivity index (χ1) is 11.4. The van der Waals surface area contributed by atoms with Gasteiger partial charge in [0.15, 0.2) is 0 Å². The Morgan fingerprint density at radius 1 is 1.33 bits per heavy atom. The number of nitrogens with zero attached hydrogens (tertiary/aromatic N) is 2. The predicted molar refractivity (Wildman–Crippen MR) is 84.3 cm³/mol. The molecule has 24 heavy (non-hydrogen) atoms. The molecule has 0 saturated carbocycles. The molecular formula is C16H19N3O5. The molecule has 1 aromatic carbocycles. The number of rotatable bonds is 4. The maximum absolute atomic E-state index is 12.8. The van der Waals surface area contributed by atoms with E-state index >= 15 is 0 Å². The summed E-state index contributed by atoms with van der Waals surface area (Å²) in [4.78, 5) is 36.5. The van der Waals surface area contributed by atoms with Gasteiger partial charge in [0.05, 0.1) is 17.6 Å². The smallest absolute Gasteiger partial charge is 0.325 e. The van der Waals surface area contributed by atoms with E-state index in [1.54, 1.807) is 6.92 Å². The maximum atomic E-state index is 12.8. The number of nitro benzene ring substituents is 1. The molecule has 8 heteroatoms. The van der Waals surface area contributed by atoms with Gasteiger partial charge in [0, 0.05) is 18.7 Å². The van der Waals surface area contributed by atoms with Gasteiger partial charge in [-0.05, 0) is 43.9 Å². The van der Waals surface area contributed by atoms with E-state index in [2.05, 4.69) is 5.32 Å². The number of carbonyl (C=O) groups excluding carboxylic acids is 2. The Hall–Kier alpha value is -2.48. The number of nitro groups is 1. The van der Waals surface area contributed by atoms with Gasteiger partial charge < -0.3 is 10.1 Å². The van der Waals surface area contributed by atoms with Crippen molar-refractivity contribution < 1.29 is 19.2 Å². The number of hydrogen-bond donors (Lipinski definition) is 1. The summed E-state index contributed by atoms with van der Waals surface area (Å²) in [7, 11) is 0. The summed E-state index contributed by atoms with van der Waals surface area (Å²) in [6.07, 6.45) is 2.71. The Morgan fingerprint density at radius 2 is 2.04 bits per heavy atom. The van der Waals surface area contributed by atoms with E-state index in [1.807, 2.05) is 0 Å². The number of amides is 3. The van der Waals surface area contributed by atoms with Crippen molar-refractivity contribution in [3.8, 4) is 0 Å². The Labute approximate surface area is 138 Å². The van der Waals surface area contributed by atoms with Crippen LogP contribution in [0.3, 0.4) is 0 Å². The van der Waals surface area contributed by atoms with Crippen LogP contribution in [0, 0.1) is 10.1 Å². The van der Waals surface area contributed by atoms with Gasteiger partial charge >= 0.3 is 6.03 Å². The number of hydrogen-bond acceptors (Lipinski definition) is 5. The summed E-state index contributed by atoms with van der Waals surface area (Å²) >= 11 is 0. The summed E-state index contributed by atoms with van der Waals surface area (Å²) in [6.45, 7) is 2.48. The Morgan fingerprint density at radius 3 is 2.62 bits per heavy atom. The van der Waals surface area contributed by atoms with Crippen molar-refractivity contribution >= 4 is 17.6 Å². The van der Waals surface area contributed by atoms with Gasteiger partial charge in [-0.15, -0.1) is 0 Å². The van der Waals surface area contributed by atoms with Crippen LogP contribution in [0.1, 0.15) is 31.7 Å². The zero-order valence-electron chi connectivity index (χ0n) is 13.4. The van der Waals surface area contributed by atoms with Crippen LogP contribution >= 0.6 is 0 Å². The van der Waals surface area contributed by atoms with E-state index in [9.17, 15) is 19.7 Å². The molecular weight excluding hydrogens is 314 g/mol. The minimum absolute atomic E-state index is 0.0633. The average Bonchev–Trinajstić information content (AvgIpc) is 2.80. The molecule has 0 aromatic heterocycles. The topological polar surface area (TPSA) is 102 Å². The monoisotopic (exact) mass is 333 g/mol. The van der Waals surface area contributed by atoms with Crippen LogP contribution in [0.4, 0.5) is 10.5 Å². The molecule has 2 unspecified atom stereocenters. The molecule has 2 fully saturated rings. The maximum Gasteiger partial charge on any atom is 0.325 e. The van der Waals surface area contributed by atoms with E-state index in [4.69, 9.17) is 4.74 Å². The molecule has 0 radical (unpaired) electrons. The molecule has 2 aliphatic rings. The molecule has 128 valence electrons. The van der Waals surface area contributed by atoms with Crippen molar-refractivity contribution in [2.24, 2.45) is 0 Å². The van der Waals surface area contributed by atoms with Crippen LogP contribution in [0.15, 0.2) is 24.3 Å². The molecule has 2 saturated heterocycles. The van der Waals surface area contributed by atoms with Crippen molar-refractivity contribution in [2.45, 2.75) is 37.8 Å². The number of ether oxygens (including phenoxy) is 1. The van der Waals surface area contributed by atoms with Crippen molar-refractivity contribution in [1.29, 1.82) is 0 Å². The van der Waals surface area contributed by atoms with Crippen LogP contribution in [0.5, 0.6) is 0 Å². The largest absolute Gasteiger partial charge is 0.376 e. The molecule has 3 amide bonds. The second-order valence-corrected chi connectivity index (χ2v) is 6.26. The van der Waals surface area contributed by atoms with Gasteiger partial charge in [0.25, 0.3) is 11.6 Å². The third-order valence-corrected chi connectivity index (χ3v) is 4.59. The predicted octanol–water partition coefficient (Wildman–Crippen LogP) is 1.93. The number of imide groups is 1. The molecule has 2 aliphatic heterocycles. The Bertz CT molecular complexity index is 669. The lowest BCUT2D eigenvalue weighted by molar-refractivity contribution is -0.384. The van der Waals surface area contributed by atoms with Gasteiger partial charge in [-0.2, -0.15) is 0 Å². The normalized spacial score (nSPS) is 27.2. The lowest BCUT2D eigenvalue weighted by Crippen LogP contribution is -2.42. The number of carbonyl (C=O) groups is 2. The van der Waals surface area contributed by atoms with Crippen molar-refractivity contribution in [3.63, 3.8) is 0 Å². The third-order valence-electron chi connectivity index (χ3n) is 4.59. The van der Waals surface area contributed by atoms with Gasteiger partial charge in [-0.3, -0.25) is 19.8 Å². The van der Waals surface area contributed by atoms with Crippen LogP contribution in [0.25, 0.3) is 0 Å². The van der Waals surface area contributed by atoms with Gasteiger partial charge in [0.2, 0.25) is 0 Å². The molecule has 0 aliphatic carbocycles. The van der Waals surface area contributed by atoms with E-state index < -0.39 is 16.5 Å². The van der Waals surface area contributed by atoms with E-state index in [1.165, 1.54) is 29.2 Å². The fourth-order valence-electron chi connectivity index (χ4n) is 3.13. The summed E-state index contributed by atoms with van der Waals surface area (Å²) in [6, 6.07) is 5.18. The highest BCUT2D eigenvalue weighted by molar-refractivity contribution is 6.07. The first-order valence-corrected chi connectivity index (χ1v) is 7.92. The highest BCUT2D eigenvalue weighted by Gasteiger charge is 2.49. The van der Waals surface area contributed by atoms with Gasteiger partial charge in [-0.25, -0.2) is 4.79 Å². The zero-order valence-corrected chi connectivity index (χ0v) is 13.4. The standard InChI is InChI=1S/C16H19N3O5/c1-16(11-5-7-12(8-6-11)19(22)23)14(20)18(15(21)17-16)10-13-4-2-3-9-24-13/h5-8,13H,2-4,9-10H2,1H3,(H,17,21). The lowest BCUT2D eigenvalue weighted by Gasteiger charge is -2.27. The second kappa shape index (κ2) is 6.20. The third kappa shape index (κ3) is 2.84. The summed E-state index contributed by atoms with van der Waals surface area (Å²) in [5.74, 6) is -0.365. The SMILES string of the molecule is CC1(c2ccc([N+](=O)[O-])cc2)NC(=O)N(CC2CCCCO2)C1=O.